The molecule has 0 fully saturated rings. The number of hydrogen-bond acceptors (Lipinski definition) is 2. The number of ether oxygens (including phenoxy) is 2. The summed E-state index contributed by atoms with van der Waals surface area (Å²) in [6.45, 7) is 10.7. The van der Waals surface area contributed by atoms with Crippen LogP contribution in [-0.2, 0) is 9.47 Å². The van der Waals surface area contributed by atoms with Crippen molar-refractivity contribution in [3.05, 3.63) is 0 Å². The standard InChI is InChI=1S/C8H17O2.C8H17.C2H5.Sn/c1-3-4-5-6-7-10-8-9-2;1-4-6-7-8(3)5-2;1-2;/h2-8H2,1H3;8H,3-7H2,1-2H3;1H2,2H3;. The van der Waals surface area contributed by atoms with E-state index in [0.717, 1.165) is 17.1 Å². The van der Waals surface area contributed by atoms with Crippen LogP contribution in [0.1, 0.15) is 79.1 Å². The Bertz CT molecular complexity index is 200. The summed E-state index contributed by atoms with van der Waals surface area (Å²) in [4.78, 5) is 0. The van der Waals surface area contributed by atoms with Gasteiger partial charge in [-0.05, 0) is 0 Å². The van der Waals surface area contributed by atoms with Crippen LogP contribution >= 0.6 is 0 Å². The van der Waals surface area contributed by atoms with Crippen molar-refractivity contribution < 1.29 is 9.47 Å². The number of unbranched alkanes of at least 4 members (excludes halogenated alkanes) is 4. The fraction of sp³-hybridized carbons (Fsp3) is 1.00. The van der Waals surface area contributed by atoms with E-state index in [4.69, 9.17) is 9.47 Å². The van der Waals surface area contributed by atoms with Gasteiger partial charge in [0, 0.05) is 0 Å². The second-order valence-corrected chi connectivity index (χ2v) is 14.4. The van der Waals surface area contributed by atoms with Crippen LogP contribution in [0.3, 0.4) is 0 Å². The average molecular weight is 406 g/mol. The quantitative estimate of drug-likeness (QED) is 0.183. The second-order valence-electron chi connectivity index (χ2n) is 6.16. The molecular formula is C18H39O2Sn. The van der Waals surface area contributed by atoms with Crippen LogP contribution in [-0.4, -0.2) is 37.8 Å². The molecule has 1 unspecified atom stereocenters. The predicted octanol–water partition coefficient (Wildman–Crippen LogP) is 5.83. The predicted molar refractivity (Wildman–Crippen MR) is 95.3 cm³/mol. The third kappa shape index (κ3) is 14.1. The van der Waals surface area contributed by atoms with Gasteiger partial charge in [0.2, 0.25) is 0 Å². The Hall–Kier alpha value is 0.719. The van der Waals surface area contributed by atoms with Gasteiger partial charge in [-0.3, -0.25) is 0 Å². The van der Waals surface area contributed by atoms with Crippen molar-refractivity contribution in [3.63, 3.8) is 0 Å². The molecule has 0 saturated carbocycles. The molecule has 0 aromatic rings. The first-order valence-electron chi connectivity index (χ1n) is 9.27. The Morgan fingerprint density at radius 1 is 0.857 bits per heavy atom. The zero-order valence-electron chi connectivity index (χ0n) is 15.1. The van der Waals surface area contributed by atoms with Crippen LogP contribution in [0.4, 0.5) is 0 Å². The van der Waals surface area contributed by atoms with E-state index < -0.39 is 19.8 Å². The molecule has 3 heteroatoms. The summed E-state index contributed by atoms with van der Waals surface area (Å²) in [6.07, 6.45) is 10.6. The van der Waals surface area contributed by atoms with Crippen LogP contribution in [0.25, 0.3) is 0 Å². The molecule has 0 aromatic carbocycles. The topological polar surface area (TPSA) is 18.5 Å². The maximum atomic E-state index is 5.81. The van der Waals surface area contributed by atoms with Crippen molar-refractivity contribution >= 4 is 19.8 Å². The summed E-state index contributed by atoms with van der Waals surface area (Å²) < 4.78 is 15.4. The van der Waals surface area contributed by atoms with Gasteiger partial charge >= 0.3 is 141 Å². The maximum absolute atomic E-state index is 5.81. The van der Waals surface area contributed by atoms with Crippen molar-refractivity contribution in [2.75, 3.05) is 18.0 Å². The van der Waals surface area contributed by atoms with Crippen molar-refractivity contribution in [3.8, 4) is 0 Å². The molecule has 0 aromatic heterocycles. The molecule has 0 saturated heterocycles. The van der Waals surface area contributed by atoms with Crippen LogP contribution < -0.4 is 0 Å². The summed E-state index contributed by atoms with van der Waals surface area (Å²) >= 11 is -1.29. The van der Waals surface area contributed by atoms with Crippen molar-refractivity contribution in [1.29, 1.82) is 0 Å². The molecule has 127 valence electrons. The summed E-state index contributed by atoms with van der Waals surface area (Å²) in [7, 11) is 0. The fourth-order valence-electron chi connectivity index (χ4n) is 2.59. The van der Waals surface area contributed by atoms with Gasteiger partial charge in [-0.2, -0.15) is 0 Å². The monoisotopic (exact) mass is 407 g/mol. The molecule has 1 radical (unpaired) electrons. The Morgan fingerprint density at radius 3 is 2.24 bits per heavy atom. The molecule has 0 amide bonds. The number of hydrogen-bond donors (Lipinski definition) is 0. The fourth-order valence-corrected chi connectivity index (χ4v) is 9.13. The van der Waals surface area contributed by atoms with Crippen LogP contribution in [0, 0.1) is 5.92 Å². The van der Waals surface area contributed by atoms with Gasteiger partial charge in [0.15, 0.2) is 0 Å². The molecule has 0 aliphatic heterocycles. The Balaban J connectivity index is 3.59. The van der Waals surface area contributed by atoms with Crippen molar-refractivity contribution in [2.45, 2.75) is 87.9 Å². The van der Waals surface area contributed by atoms with Crippen LogP contribution in [0.2, 0.25) is 8.87 Å². The van der Waals surface area contributed by atoms with E-state index in [0.29, 0.717) is 6.79 Å². The van der Waals surface area contributed by atoms with E-state index in [-0.39, 0.29) is 0 Å². The first-order valence-corrected chi connectivity index (χ1v) is 15.3. The minimum absolute atomic E-state index is 0.530. The van der Waals surface area contributed by atoms with Gasteiger partial charge in [-0.15, -0.1) is 0 Å². The molecule has 0 spiro atoms. The molecule has 2 nitrogen and oxygen atoms in total. The minimum atomic E-state index is -1.29. The third-order valence-electron chi connectivity index (χ3n) is 4.24. The zero-order valence-corrected chi connectivity index (χ0v) is 17.9. The average Bonchev–Trinajstić information content (AvgIpc) is 2.52. The first kappa shape index (κ1) is 21.7. The molecule has 0 heterocycles. The van der Waals surface area contributed by atoms with Crippen LogP contribution in [0.5, 0.6) is 0 Å². The van der Waals surface area contributed by atoms with Gasteiger partial charge < -0.3 is 0 Å². The molecule has 0 aliphatic carbocycles. The Morgan fingerprint density at radius 2 is 1.62 bits per heavy atom. The molecule has 0 bridgehead atoms. The van der Waals surface area contributed by atoms with Gasteiger partial charge in [0.1, 0.15) is 0 Å². The van der Waals surface area contributed by atoms with E-state index >= 15 is 0 Å². The zero-order chi connectivity index (χ0) is 15.8. The molecule has 0 N–H and O–H groups in total. The van der Waals surface area contributed by atoms with E-state index in [1.807, 2.05) is 0 Å². The summed E-state index contributed by atoms with van der Waals surface area (Å²) in [5, 5.41) is 0. The van der Waals surface area contributed by atoms with Crippen molar-refractivity contribution in [2.24, 2.45) is 5.92 Å². The summed E-state index contributed by atoms with van der Waals surface area (Å²) in [5.41, 5.74) is 0. The normalized spacial score (nSPS) is 13.0. The Labute approximate surface area is 141 Å². The van der Waals surface area contributed by atoms with E-state index in [1.165, 1.54) is 60.2 Å². The SMILES string of the molecule is CCCCCCOCO[CH2][Sn]([CH2]C)[CH2]C(CC)CCCC. The van der Waals surface area contributed by atoms with E-state index in [9.17, 15) is 0 Å². The van der Waals surface area contributed by atoms with Gasteiger partial charge in [-0.1, -0.05) is 0 Å². The van der Waals surface area contributed by atoms with Gasteiger partial charge in [0.25, 0.3) is 0 Å². The van der Waals surface area contributed by atoms with E-state index in [2.05, 4.69) is 27.7 Å². The summed E-state index contributed by atoms with van der Waals surface area (Å²) in [5.74, 6) is 0.970. The van der Waals surface area contributed by atoms with Gasteiger partial charge in [-0.25, -0.2) is 0 Å². The third-order valence-corrected chi connectivity index (χ3v) is 12.1. The first-order chi connectivity index (χ1) is 10.3. The molecule has 21 heavy (non-hydrogen) atoms. The molecule has 0 aliphatic rings. The van der Waals surface area contributed by atoms with E-state index in [1.54, 1.807) is 0 Å². The molecule has 0 rings (SSSR count). The number of rotatable bonds is 16. The van der Waals surface area contributed by atoms with Crippen molar-refractivity contribution in [1.82, 2.24) is 0 Å². The molecular weight excluding hydrogens is 367 g/mol. The molecule has 1 atom stereocenters. The Kier molecular flexibility index (Phi) is 17.7. The van der Waals surface area contributed by atoms with Crippen LogP contribution in [0.15, 0.2) is 0 Å². The summed E-state index contributed by atoms with van der Waals surface area (Å²) in [6, 6.07) is 0. The second kappa shape index (κ2) is 17.1. The van der Waals surface area contributed by atoms with Gasteiger partial charge in [0.05, 0.1) is 0 Å².